The Morgan fingerprint density at radius 3 is 2.16 bits per heavy atom. The van der Waals surface area contributed by atoms with Crippen LogP contribution in [0.4, 0.5) is 4.39 Å². The molecule has 0 aliphatic heterocycles. The number of alkyl halides is 1. The lowest BCUT2D eigenvalue weighted by atomic mass is 10.0. The van der Waals surface area contributed by atoms with Gasteiger partial charge in [0.2, 0.25) is 0 Å². The van der Waals surface area contributed by atoms with Gasteiger partial charge in [-0.1, -0.05) is 40.9 Å². The van der Waals surface area contributed by atoms with Crippen LogP contribution in [0.3, 0.4) is 0 Å². The second-order valence-corrected chi connectivity index (χ2v) is 5.78. The first-order valence-electron chi connectivity index (χ1n) is 5.45. The molecule has 0 fully saturated rings. The smallest absolute Gasteiger partial charge is 0.127 e. The second-order valence-electron chi connectivity index (χ2n) is 4.12. The van der Waals surface area contributed by atoms with Gasteiger partial charge in [0.1, 0.15) is 5.82 Å². The monoisotopic (exact) mass is 336 g/mol. The first kappa shape index (κ1) is 14.9. The molecule has 1 unspecified atom stereocenters. The standard InChI is InChI=1S/C14H9Cl4F/c1-7-5-8(11(17)6-12(7)19)14(18)13-9(15)3-2-4-10(13)16/h2-6,14H,1H3. The molecule has 5 heteroatoms. The van der Waals surface area contributed by atoms with Crippen molar-refractivity contribution in [2.24, 2.45) is 0 Å². The van der Waals surface area contributed by atoms with Crippen LogP contribution in [0, 0.1) is 12.7 Å². The van der Waals surface area contributed by atoms with Gasteiger partial charge in [0.15, 0.2) is 0 Å². The van der Waals surface area contributed by atoms with E-state index in [2.05, 4.69) is 0 Å². The summed E-state index contributed by atoms with van der Waals surface area (Å²) in [7, 11) is 0. The van der Waals surface area contributed by atoms with Gasteiger partial charge in [0, 0.05) is 20.6 Å². The Bertz CT molecular complexity index is 605. The lowest BCUT2D eigenvalue weighted by molar-refractivity contribution is 0.618. The molecule has 1 atom stereocenters. The Kier molecular flexibility index (Phi) is 4.62. The van der Waals surface area contributed by atoms with Crippen LogP contribution in [-0.2, 0) is 0 Å². The van der Waals surface area contributed by atoms with Gasteiger partial charge in [-0.15, -0.1) is 11.6 Å². The molecule has 0 spiro atoms. The van der Waals surface area contributed by atoms with Crippen LogP contribution in [-0.4, -0.2) is 0 Å². The molecule has 0 aromatic heterocycles. The maximum atomic E-state index is 13.4. The summed E-state index contributed by atoms with van der Waals surface area (Å²) in [6, 6.07) is 7.97. The quantitative estimate of drug-likeness (QED) is 0.554. The highest BCUT2D eigenvalue weighted by atomic mass is 35.5. The number of rotatable bonds is 2. The summed E-state index contributed by atoms with van der Waals surface area (Å²) < 4.78 is 13.4. The van der Waals surface area contributed by atoms with Crippen LogP contribution in [0.15, 0.2) is 30.3 Å². The summed E-state index contributed by atoms with van der Waals surface area (Å²) in [5.41, 5.74) is 1.62. The zero-order chi connectivity index (χ0) is 14.2. The number of aryl methyl sites for hydroxylation is 1. The Morgan fingerprint density at radius 2 is 1.58 bits per heavy atom. The summed E-state index contributed by atoms with van der Waals surface area (Å²) in [4.78, 5) is 0. The van der Waals surface area contributed by atoms with Crippen LogP contribution < -0.4 is 0 Å². The highest BCUT2D eigenvalue weighted by molar-refractivity contribution is 6.38. The third-order valence-corrected chi connectivity index (χ3v) is 4.24. The Labute approximate surface area is 131 Å². The van der Waals surface area contributed by atoms with E-state index in [9.17, 15) is 4.39 Å². The van der Waals surface area contributed by atoms with E-state index in [1.165, 1.54) is 6.07 Å². The van der Waals surface area contributed by atoms with Gasteiger partial charge in [-0.05, 0) is 42.3 Å². The molecule has 0 aliphatic rings. The first-order valence-corrected chi connectivity index (χ1v) is 7.02. The van der Waals surface area contributed by atoms with Crippen molar-refractivity contribution in [1.29, 1.82) is 0 Å². The fourth-order valence-electron chi connectivity index (χ4n) is 1.78. The second kappa shape index (κ2) is 5.88. The van der Waals surface area contributed by atoms with Gasteiger partial charge in [0.05, 0.1) is 5.38 Å². The molecule has 0 bridgehead atoms. The third kappa shape index (κ3) is 3.00. The summed E-state index contributed by atoms with van der Waals surface area (Å²) >= 11 is 24.7. The number of hydrogen-bond donors (Lipinski definition) is 0. The number of hydrogen-bond acceptors (Lipinski definition) is 0. The molecule has 19 heavy (non-hydrogen) atoms. The van der Waals surface area contributed by atoms with E-state index in [1.807, 2.05) is 0 Å². The molecular weight excluding hydrogens is 329 g/mol. The van der Waals surface area contributed by atoms with Crippen molar-refractivity contribution in [1.82, 2.24) is 0 Å². The molecule has 0 heterocycles. The number of benzene rings is 2. The minimum absolute atomic E-state index is 0.249. The maximum Gasteiger partial charge on any atom is 0.127 e. The molecule has 0 nitrogen and oxygen atoms in total. The predicted octanol–water partition coefficient (Wildman–Crippen LogP) is 6.42. The minimum Gasteiger partial charge on any atom is -0.207 e. The molecule has 0 amide bonds. The van der Waals surface area contributed by atoms with Crippen molar-refractivity contribution < 1.29 is 4.39 Å². The molecule has 0 saturated heterocycles. The van der Waals surface area contributed by atoms with E-state index in [4.69, 9.17) is 46.4 Å². The third-order valence-electron chi connectivity index (χ3n) is 2.80. The number of halogens is 5. The molecule has 0 N–H and O–H groups in total. The first-order chi connectivity index (χ1) is 8.91. The van der Waals surface area contributed by atoms with Gasteiger partial charge in [-0.2, -0.15) is 0 Å². The van der Waals surface area contributed by atoms with Crippen molar-refractivity contribution in [3.63, 3.8) is 0 Å². The van der Waals surface area contributed by atoms with Gasteiger partial charge in [-0.25, -0.2) is 4.39 Å². The van der Waals surface area contributed by atoms with E-state index in [0.29, 0.717) is 26.7 Å². The predicted molar refractivity (Wildman–Crippen MR) is 80.3 cm³/mol. The molecule has 0 radical (unpaired) electrons. The fraction of sp³-hybridized carbons (Fsp3) is 0.143. The summed E-state index contributed by atoms with van der Waals surface area (Å²) in [6.07, 6.45) is 0. The molecule has 2 rings (SSSR count). The van der Waals surface area contributed by atoms with E-state index in [-0.39, 0.29) is 10.8 Å². The summed E-state index contributed by atoms with van der Waals surface area (Å²) in [5, 5.41) is 0.517. The normalized spacial score (nSPS) is 12.5. The van der Waals surface area contributed by atoms with Crippen LogP contribution in [0.5, 0.6) is 0 Å². The van der Waals surface area contributed by atoms with E-state index >= 15 is 0 Å². The van der Waals surface area contributed by atoms with Crippen molar-refractivity contribution in [3.05, 3.63) is 67.9 Å². The van der Waals surface area contributed by atoms with E-state index < -0.39 is 5.38 Å². The lowest BCUT2D eigenvalue weighted by Gasteiger charge is -2.16. The van der Waals surface area contributed by atoms with Crippen molar-refractivity contribution in [2.45, 2.75) is 12.3 Å². The van der Waals surface area contributed by atoms with Crippen LogP contribution in [0.2, 0.25) is 15.1 Å². The van der Waals surface area contributed by atoms with E-state index in [1.54, 1.807) is 31.2 Å². The molecular formula is C14H9Cl4F. The Hall–Kier alpha value is -0.470. The molecule has 0 saturated carbocycles. The summed E-state index contributed by atoms with van der Waals surface area (Å²) in [5.74, 6) is -0.372. The SMILES string of the molecule is Cc1cc(C(Cl)c2c(Cl)cccc2Cl)c(Cl)cc1F. The topological polar surface area (TPSA) is 0 Å². The van der Waals surface area contributed by atoms with Gasteiger partial charge < -0.3 is 0 Å². The zero-order valence-electron chi connectivity index (χ0n) is 9.85. The average Bonchev–Trinajstić information content (AvgIpc) is 2.33. The van der Waals surface area contributed by atoms with Crippen LogP contribution in [0.25, 0.3) is 0 Å². The van der Waals surface area contributed by atoms with Gasteiger partial charge in [0.25, 0.3) is 0 Å². The van der Waals surface area contributed by atoms with Gasteiger partial charge in [-0.3, -0.25) is 0 Å². The van der Waals surface area contributed by atoms with Crippen molar-refractivity contribution in [2.75, 3.05) is 0 Å². The largest absolute Gasteiger partial charge is 0.207 e. The minimum atomic E-state index is -0.631. The Morgan fingerprint density at radius 1 is 1.00 bits per heavy atom. The highest BCUT2D eigenvalue weighted by Crippen LogP contribution is 2.41. The lowest BCUT2D eigenvalue weighted by Crippen LogP contribution is -1.99. The maximum absolute atomic E-state index is 13.4. The van der Waals surface area contributed by atoms with E-state index in [0.717, 1.165) is 0 Å². The van der Waals surface area contributed by atoms with Crippen molar-refractivity contribution >= 4 is 46.4 Å². The molecule has 2 aromatic carbocycles. The molecule has 0 aliphatic carbocycles. The van der Waals surface area contributed by atoms with Gasteiger partial charge >= 0.3 is 0 Å². The molecule has 2 aromatic rings. The average molecular weight is 338 g/mol. The summed E-state index contributed by atoms with van der Waals surface area (Å²) in [6.45, 7) is 1.65. The molecule has 100 valence electrons. The van der Waals surface area contributed by atoms with Crippen molar-refractivity contribution in [3.8, 4) is 0 Å². The zero-order valence-corrected chi connectivity index (χ0v) is 12.9. The highest BCUT2D eigenvalue weighted by Gasteiger charge is 2.21. The fourth-order valence-corrected chi connectivity index (χ4v) is 3.24. The Balaban J connectivity index is 2.56. The van der Waals surface area contributed by atoms with Crippen LogP contribution in [0.1, 0.15) is 22.1 Å². The van der Waals surface area contributed by atoms with Crippen LogP contribution >= 0.6 is 46.4 Å².